The lowest BCUT2D eigenvalue weighted by Gasteiger charge is -2.35. The Balaban J connectivity index is 0.00000220. The van der Waals surface area contributed by atoms with Crippen LogP contribution in [0, 0.1) is 0 Å². The summed E-state index contributed by atoms with van der Waals surface area (Å²) in [5, 5.41) is 6.44. The molecule has 118 valence electrons. The summed E-state index contributed by atoms with van der Waals surface area (Å²) in [6.45, 7) is 7.87. The molecule has 0 saturated heterocycles. The lowest BCUT2D eigenvalue weighted by atomic mass is 9.70. The molecule has 0 aromatic heterocycles. The second-order valence-corrected chi connectivity index (χ2v) is 6.01. The van der Waals surface area contributed by atoms with Crippen LogP contribution in [0.5, 0.6) is 0 Å². The summed E-state index contributed by atoms with van der Waals surface area (Å²) in [6, 6.07) is 8.68. The van der Waals surface area contributed by atoms with Crippen LogP contribution in [0.1, 0.15) is 44.7 Å². The molecule has 0 radical (unpaired) electrons. The van der Waals surface area contributed by atoms with Crippen molar-refractivity contribution in [2.75, 3.05) is 13.1 Å². The van der Waals surface area contributed by atoms with Gasteiger partial charge >= 0.3 is 0 Å². The average molecular weight is 311 g/mol. The third kappa shape index (κ3) is 3.98. The largest absolute Gasteiger partial charge is 0.354 e. The van der Waals surface area contributed by atoms with Crippen LogP contribution in [0.25, 0.3) is 0 Å². The molecular formula is C17H27ClN2O. The number of halogens is 1. The zero-order valence-corrected chi connectivity index (χ0v) is 14.1. The first-order valence-corrected chi connectivity index (χ1v) is 7.68. The van der Waals surface area contributed by atoms with Crippen molar-refractivity contribution in [2.45, 2.75) is 51.5 Å². The van der Waals surface area contributed by atoms with Crippen LogP contribution in [0.2, 0.25) is 0 Å². The number of benzene rings is 1. The molecule has 3 nitrogen and oxygen atoms in total. The molecule has 0 fully saturated rings. The minimum Gasteiger partial charge on any atom is -0.354 e. The predicted octanol–water partition coefficient (Wildman–Crippen LogP) is 2.82. The first-order chi connectivity index (χ1) is 9.58. The zero-order chi connectivity index (χ0) is 14.6. The number of carbonyl (C=O) groups excluding carboxylic acids is 1. The Bertz CT molecular complexity index is 478. The van der Waals surface area contributed by atoms with Crippen molar-refractivity contribution in [1.82, 2.24) is 10.6 Å². The molecule has 1 amide bonds. The number of hydrogen-bond acceptors (Lipinski definition) is 2. The second kappa shape index (κ2) is 7.81. The SMILES string of the molecule is CCN[C@H](C)CNC(=O)C1(C)CCCc2ccccc21.Cl. The molecule has 21 heavy (non-hydrogen) atoms. The monoisotopic (exact) mass is 310 g/mol. The molecule has 0 heterocycles. The van der Waals surface area contributed by atoms with E-state index in [1.165, 1.54) is 11.1 Å². The fourth-order valence-electron chi connectivity index (χ4n) is 3.14. The Labute approximate surface area is 134 Å². The maximum absolute atomic E-state index is 12.7. The number of aryl methyl sites for hydroxylation is 1. The number of rotatable bonds is 5. The molecule has 0 aliphatic heterocycles. The molecule has 0 bridgehead atoms. The van der Waals surface area contributed by atoms with E-state index in [0.717, 1.165) is 25.8 Å². The molecule has 1 aromatic rings. The molecule has 1 aliphatic rings. The number of carbonyl (C=O) groups is 1. The van der Waals surface area contributed by atoms with E-state index < -0.39 is 0 Å². The molecule has 1 unspecified atom stereocenters. The minimum absolute atomic E-state index is 0. The van der Waals surface area contributed by atoms with Gasteiger partial charge in [-0.25, -0.2) is 0 Å². The fourth-order valence-corrected chi connectivity index (χ4v) is 3.14. The van der Waals surface area contributed by atoms with Crippen molar-refractivity contribution in [1.29, 1.82) is 0 Å². The Morgan fingerprint density at radius 1 is 1.38 bits per heavy atom. The summed E-state index contributed by atoms with van der Waals surface area (Å²) < 4.78 is 0. The maximum Gasteiger partial charge on any atom is 0.230 e. The van der Waals surface area contributed by atoms with Crippen LogP contribution in [0.15, 0.2) is 24.3 Å². The van der Waals surface area contributed by atoms with Gasteiger partial charge in [0.1, 0.15) is 0 Å². The molecule has 0 spiro atoms. The van der Waals surface area contributed by atoms with Crippen LogP contribution in [-0.4, -0.2) is 25.0 Å². The van der Waals surface area contributed by atoms with Crippen molar-refractivity contribution in [2.24, 2.45) is 0 Å². The smallest absolute Gasteiger partial charge is 0.230 e. The quantitative estimate of drug-likeness (QED) is 0.878. The van der Waals surface area contributed by atoms with E-state index in [2.05, 4.69) is 49.6 Å². The Morgan fingerprint density at radius 3 is 2.81 bits per heavy atom. The summed E-state index contributed by atoms with van der Waals surface area (Å²) in [4.78, 5) is 12.7. The van der Waals surface area contributed by atoms with E-state index in [4.69, 9.17) is 0 Å². The molecule has 1 aliphatic carbocycles. The summed E-state index contributed by atoms with van der Waals surface area (Å²) in [5.41, 5.74) is 2.16. The lowest BCUT2D eigenvalue weighted by molar-refractivity contribution is -0.126. The number of likely N-dealkylation sites (N-methyl/N-ethyl adjacent to an activating group) is 1. The van der Waals surface area contributed by atoms with Gasteiger partial charge in [0.05, 0.1) is 5.41 Å². The third-order valence-electron chi connectivity index (χ3n) is 4.36. The summed E-state index contributed by atoms with van der Waals surface area (Å²) in [5.74, 6) is 0.161. The number of nitrogens with one attached hydrogen (secondary N) is 2. The van der Waals surface area contributed by atoms with Gasteiger partial charge in [0.2, 0.25) is 5.91 Å². The molecule has 4 heteroatoms. The average Bonchev–Trinajstić information content (AvgIpc) is 2.45. The first kappa shape index (κ1) is 18.0. The van der Waals surface area contributed by atoms with Crippen molar-refractivity contribution in [3.8, 4) is 0 Å². The Kier molecular flexibility index (Phi) is 6.69. The highest BCUT2D eigenvalue weighted by Crippen LogP contribution is 2.37. The van der Waals surface area contributed by atoms with Crippen LogP contribution < -0.4 is 10.6 Å². The maximum atomic E-state index is 12.7. The molecule has 1 aromatic carbocycles. The highest BCUT2D eigenvalue weighted by molar-refractivity contribution is 5.88. The second-order valence-electron chi connectivity index (χ2n) is 6.01. The molecule has 0 saturated carbocycles. The first-order valence-electron chi connectivity index (χ1n) is 7.68. The van der Waals surface area contributed by atoms with Crippen molar-refractivity contribution >= 4 is 18.3 Å². The zero-order valence-electron chi connectivity index (χ0n) is 13.2. The number of fused-ring (bicyclic) bond motifs is 1. The Hall–Kier alpha value is -1.06. The fraction of sp³-hybridized carbons (Fsp3) is 0.588. The van der Waals surface area contributed by atoms with Crippen LogP contribution in [0.3, 0.4) is 0 Å². The van der Waals surface area contributed by atoms with Crippen LogP contribution >= 0.6 is 12.4 Å². The van der Waals surface area contributed by atoms with Crippen LogP contribution in [0.4, 0.5) is 0 Å². The number of amides is 1. The van der Waals surface area contributed by atoms with Gasteiger partial charge in [-0.1, -0.05) is 31.2 Å². The van der Waals surface area contributed by atoms with Gasteiger partial charge in [-0.3, -0.25) is 4.79 Å². The van der Waals surface area contributed by atoms with Gasteiger partial charge in [-0.2, -0.15) is 0 Å². The third-order valence-corrected chi connectivity index (χ3v) is 4.36. The summed E-state index contributed by atoms with van der Waals surface area (Å²) in [6.07, 6.45) is 3.11. The van der Waals surface area contributed by atoms with Gasteiger partial charge in [0, 0.05) is 12.6 Å². The highest BCUT2D eigenvalue weighted by atomic mass is 35.5. The summed E-state index contributed by atoms with van der Waals surface area (Å²) >= 11 is 0. The van der Waals surface area contributed by atoms with Crippen LogP contribution in [-0.2, 0) is 16.6 Å². The molecule has 2 atom stereocenters. The van der Waals surface area contributed by atoms with Gasteiger partial charge in [-0.15, -0.1) is 12.4 Å². The van der Waals surface area contributed by atoms with E-state index >= 15 is 0 Å². The Morgan fingerprint density at radius 2 is 2.10 bits per heavy atom. The van der Waals surface area contributed by atoms with Crippen molar-refractivity contribution in [3.05, 3.63) is 35.4 Å². The van der Waals surface area contributed by atoms with Crippen molar-refractivity contribution < 1.29 is 4.79 Å². The van der Waals surface area contributed by atoms with Gasteiger partial charge < -0.3 is 10.6 Å². The summed E-state index contributed by atoms with van der Waals surface area (Å²) in [7, 11) is 0. The number of hydrogen-bond donors (Lipinski definition) is 2. The van der Waals surface area contributed by atoms with E-state index in [-0.39, 0.29) is 23.7 Å². The van der Waals surface area contributed by atoms with Crippen molar-refractivity contribution in [3.63, 3.8) is 0 Å². The molecule has 2 N–H and O–H groups in total. The normalized spacial score (nSPS) is 21.9. The highest BCUT2D eigenvalue weighted by Gasteiger charge is 2.38. The molecule has 2 rings (SSSR count). The predicted molar refractivity (Wildman–Crippen MR) is 90.1 cm³/mol. The van der Waals surface area contributed by atoms with E-state index in [0.29, 0.717) is 12.6 Å². The van der Waals surface area contributed by atoms with Gasteiger partial charge in [0.25, 0.3) is 0 Å². The minimum atomic E-state index is -0.374. The topological polar surface area (TPSA) is 41.1 Å². The van der Waals surface area contributed by atoms with E-state index in [9.17, 15) is 4.79 Å². The lowest BCUT2D eigenvalue weighted by Crippen LogP contribution is -2.48. The van der Waals surface area contributed by atoms with E-state index in [1.54, 1.807) is 0 Å². The van der Waals surface area contributed by atoms with Gasteiger partial charge in [-0.05, 0) is 50.8 Å². The van der Waals surface area contributed by atoms with Gasteiger partial charge in [0.15, 0.2) is 0 Å². The standard InChI is InChI=1S/C17H26N2O.ClH/c1-4-18-13(2)12-19-16(20)17(3)11-7-9-14-8-5-6-10-15(14)17;/h5-6,8,10,13,18H,4,7,9,11-12H2,1-3H3,(H,19,20);1H/t13-,17?;/m1./s1. The van der Waals surface area contributed by atoms with E-state index in [1.807, 2.05) is 6.07 Å². The molecular weight excluding hydrogens is 284 g/mol.